The highest BCUT2D eigenvalue weighted by molar-refractivity contribution is 9.10. The first-order valence-electron chi connectivity index (χ1n) is 7.48. The summed E-state index contributed by atoms with van der Waals surface area (Å²) in [5, 5.41) is 14.4. The molecule has 7 nitrogen and oxygen atoms in total. The van der Waals surface area contributed by atoms with Crippen molar-refractivity contribution in [3.63, 3.8) is 0 Å². The number of aromatic carboxylic acids is 1. The van der Waals surface area contributed by atoms with Crippen LogP contribution in [-0.4, -0.2) is 32.3 Å². The van der Waals surface area contributed by atoms with E-state index in [9.17, 15) is 14.7 Å². The predicted molar refractivity (Wildman–Crippen MR) is 105 cm³/mol. The second-order valence-corrected chi connectivity index (χ2v) is 7.10. The molecule has 0 spiro atoms. The summed E-state index contributed by atoms with van der Waals surface area (Å²) in [4.78, 5) is 29.1. The fourth-order valence-electron chi connectivity index (χ4n) is 2.64. The Morgan fingerprint density at radius 3 is 2.70 bits per heavy atom. The van der Waals surface area contributed by atoms with Gasteiger partial charge in [-0.25, -0.2) is 9.78 Å². The van der Waals surface area contributed by atoms with Crippen LogP contribution in [0.15, 0.2) is 41.1 Å². The maximum absolute atomic E-state index is 12.0. The Hall–Kier alpha value is -2.42. The van der Waals surface area contributed by atoms with E-state index in [-0.39, 0.29) is 27.9 Å². The van der Waals surface area contributed by atoms with Gasteiger partial charge in [-0.05, 0) is 52.7 Å². The van der Waals surface area contributed by atoms with Crippen molar-refractivity contribution in [1.29, 1.82) is 0 Å². The van der Waals surface area contributed by atoms with Gasteiger partial charge in [0.1, 0.15) is 10.4 Å². The van der Waals surface area contributed by atoms with E-state index in [1.165, 1.54) is 16.9 Å². The van der Waals surface area contributed by atoms with Gasteiger partial charge in [-0.15, -0.1) is 0 Å². The molecule has 0 unspecified atom stereocenters. The molecule has 0 aliphatic rings. The first kappa shape index (κ1) is 19.3. The molecular formula is C17H11BrCl2N4O3. The SMILES string of the molecule is Cc1cc(Cl)cc(C(=O)O)c1N(C=O)c1cc(Br)nn1-c1ncccc1Cl. The van der Waals surface area contributed by atoms with Crippen molar-refractivity contribution >= 4 is 63.0 Å². The minimum atomic E-state index is -1.22. The lowest BCUT2D eigenvalue weighted by atomic mass is 10.1. The molecule has 10 heteroatoms. The van der Waals surface area contributed by atoms with Crippen LogP contribution in [-0.2, 0) is 4.79 Å². The summed E-state index contributed by atoms with van der Waals surface area (Å²) in [6, 6.07) is 7.70. The highest BCUT2D eigenvalue weighted by Gasteiger charge is 2.25. The minimum absolute atomic E-state index is 0.122. The molecule has 2 heterocycles. The number of benzene rings is 1. The number of nitrogens with zero attached hydrogens (tertiary/aromatic N) is 4. The van der Waals surface area contributed by atoms with Gasteiger partial charge in [-0.1, -0.05) is 23.2 Å². The third kappa shape index (κ3) is 3.69. The van der Waals surface area contributed by atoms with E-state index in [0.29, 0.717) is 21.6 Å². The molecule has 138 valence electrons. The smallest absolute Gasteiger partial charge is 0.337 e. The summed E-state index contributed by atoms with van der Waals surface area (Å²) < 4.78 is 1.76. The van der Waals surface area contributed by atoms with Gasteiger partial charge in [0, 0.05) is 17.3 Å². The number of rotatable bonds is 5. The van der Waals surface area contributed by atoms with Crippen LogP contribution in [0.25, 0.3) is 5.82 Å². The average molecular weight is 470 g/mol. The van der Waals surface area contributed by atoms with Crippen molar-refractivity contribution in [2.45, 2.75) is 6.92 Å². The molecule has 1 N–H and O–H groups in total. The van der Waals surface area contributed by atoms with Crippen LogP contribution < -0.4 is 4.90 Å². The van der Waals surface area contributed by atoms with Crippen molar-refractivity contribution in [3.05, 3.63) is 62.3 Å². The number of anilines is 2. The average Bonchev–Trinajstić information content (AvgIpc) is 2.98. The highest BCUT2D eigenvalue weighted by atomic mass is 79.9. The van der Waals surface area contributed by atoms with Crippen molar-refractivity contribution < 1.29 is 14.7 Å². The third-order valence-corrected chi connectivity index (χ3v) is 4.59. The number of halogens is 3. The zero-order valence-corrected chi connectivity index (χ0v) is 16.8. The summed E-state index contributed by atoms with van der Waals surface area (Å²) in [5.74, 6) is -0.677. The number of amides is 1. The second kappa shape index (κ2) is 7.67. The summed E-state index contributed by atoms with van der Waals surface area (Å²) in [5.41, 5.74) is 0.550. The Balaban J connectivity index is 2.27. The van der Waals surface area contributed by atoms with Crippen molar-refractivity contribution in [3.8, 4) is 5.82 Å². The van der Waals surface area contributed by atoms with Gasteiger partial charge < -0.3 is 5.11 Å². The van der Waals surface area contributed by atoms with Crippen LogP contribution >= 0.6 is 39.1 Å². The second-order valence-electron chi connectivity index (χ2n) is 5.45. The number of aromatic nitrogens is 3. The maximum Gasteiger partial charge on any atom is 0.337 e. The van der Waals surface area contributed by atoms with Crippen LogP contribution in [0.1, 0.15) is 15.9 Å². The minimum Gasteiger partial charge on any atom is -0.478 e. The van der Waals surface area contributed by atoms with Crippen molar-refractivity contribution in [2.24, 2.45) is 0 Å². The van der Waals surface area contributed by atoms with E-state index >= 15 is 0 Å². The fraction of sp³-hybridized carbons (Fsp3) is 0.0588. The summed E-state index contributed by atoms with van der Waals surface area (Å²) in [7, 11) is 0. The molecule has 1 amide bonds. The summed E-state index contributed by atoms with van der Waals surface area (Å²) in [6.07, 6.45) is 2.03. The lowest BCUT2D eigenvalue weighted by Gasteiger charge is -2.22. The number of carbonyl (C=O) groups is 2. The Kier molecular flexibility index (Phi) is 5.50. The molecule has 3 rings (SSSR count). The Morgan fingerprint density at radius 1 is 1.33 bits per heavy atom. The van der Waals surface area contributed by atoms with Gasteiger partial charge in [0.15, 0.2) is 5.82 Å². The van der Waals surface area contributed by atoms with Crippen molar-refractivity contribution in [1.82, 2.24) is 14.8 Å². The zero-order valence-electron chi connectivity index (χ0n) is 13.7. The van der Waals surface area contributed by atoms with E-state index < -0.39 is 5.97 Å². The van der Waals surface area contributed by atoms with Crippen LogP contribution in [0.4, 0.5) is 11.5 Å². The summed E-state index contributed by atoms with van der Waals surface area (Å²) >= 11 is 15.5. The molecule has 0 bridgehead atoms. The summed E-state index contributed by atoms with van der Waals surface area (Å²) in [6.45, 7) is 1.66. The Bertz CT molecular complexity index is 1050. The lowest BCUT2D eigenvalue weighted by Crippen LogP contribution is -2.22. The van der Waals surface area contributed by atoms with Gasteiger partial charge in [-0.3, -0.25) is 9.69 Å². The van der Waals surface area contributed by atoms with E-state index in [1.807, 2.05) is 0 Å². The van der Waals surface area contributed by atoms with E-state index in [2.05, 4.69) is 26.0 Å². The molecule has 0 saturated heterocycles. The van der Waals surface area contributed by atoms with Gasteiger partial charge in [-0.2, -0.15) is 9.78 Å². The molecule has 3 aromatic rings. The number of carboxylic acid groups (broad SMARTS) is 1. The maximum atomic E-state index is 12.0. The van der Waals surface area contributed by atoms with E-state index in [0.717, 1.165) is 4.90 Å². The number of hydrogen-bond donors (Lipinski definition) is 1. The van der Waals surface area contributed by atoms with Crippen LogP contribution in [0.3, 0.4) is 0 Å². The normalized spacial score (nSPS) is 10.7. The first-order chi connectivity index (χ1) is 12.8. The third-order valence-electron chi connectivity index (χ3n) is 3.69. The van der Waals surface area contributed by atoms with Gasteiger partial charge in [0.05, 0.1) is 16.3 Å². The van der Waals surface area contributed by atoms with Crippen LogP contribution in [0.5, 0.6) is 0 Å². The largest absolute Gasteiger partial charge is 0.478 e. The van der Waals surface area contributed by atoms with Crippen LogP contribution in [0.2, 0.25) is 10.0 Å². The van der Waals surface area contributed by atoms with Gasteiger partial charge in [0.2, 0.25) is 6.41 Å². The Morgan fingerprint density at radius 2 is 2.07 bits per heavy atom. The standard InChI is InChI=1S/C17H11BrCl2N4O3/c1-9-5-10(19)6-11(17(26)27)15(9)23(8-25)14-7-13(18)22-24(14)16-12(20)3-2-4-21-16/h2-8H,1H3,(H,26,27). The van der Waals surface area contributed by atoms with E-state index in [1.54, 1.807) is 31.2 Å². The molecule has 0 fully saturated rings. The topological polar surface area (TPSA) is 88.3 Å². The highest BCUT2D eigenvalue weighted by Crippen LogP contribution is 2.36. The molecule has 0 atom stereocenters. The Labute approximate surface area is 172 Å². The number of carbonyl (C=O) groups excluding carboxylic acids is 1. The molecule has 0 aliphatic heterocycles. The van der Waals surface area contributed by atoms with Crippen molar-refractivity contribution in [2.75, 3.05) is 4.90 Å². The zero-order chi connectivity index (χ0) is 19.7. The quantitative estimate of drug-likeness (QED) is 0.550. The first-order valence-corrected chi connectivity index (χ1v) is 9.02. The molecule has 1 aromatic carbocycles. The monoisotopic (exact) mass is 468 g/mol. The molecule has 2 aromatic heterocycles. The van der Waals surface area contributed by atoms with Gasteiger partial charge >= 0.3 is 5.97 Å². The molecule has 0 radical (unpaired) electrons. The molecule has 0 saturated carbocycles. The molecular weight excluding hydrogens is 459 g/mol. The number of carboxylic acids is 1. The lowest BCUT2D eigenvalue weighted by molar-refractivity contribution is -0.106. The molecule has 27 heavy (non-hydrogen) atoms. The molecule has 0 aliphatic carbocycles. The van der Waals surface area contributed by atoms with Gasteiger partial charge in [0.25, 0.3) is 0 Å². The van der Waals surface area contributed by atoms with Crippen LogP contribution in [0, 0.1) is 6.92 Å². The fourth-order valence-corrected chi connectivity index (χ4v) is 3.48. The number of aryl methyl sites for hydroxylation is 1. The number of hydrogen-bond acceptors (Lipinski definition) is 4. The van der Waals surface area contributed by atoms with E-state index in [4.69, 9.17) is 23.2 Å². The number of pyridine rings is 1. The predicted octanol–water partition coefficient (Wildman–Crippen LogP) is 4.64.